The first-order valence-electron chi connectivity index (χ1n) is 5.93. The van der Waals surface area contributed by atoms with Gasteiger partial charge in [-0.15, -0.1) is 0 Å². The number of fused-ring (bicyclic) bond motifs is 1. The minimum Gasteiger partial charge on any atom is -0.384 e. The number of anilines is 1. The Morgan fingerprint density at radius 3 is 2.67 bits per heavy atom. The molecule has 0 atom stereocenters. The standard InChI is InChI=1S/C14H17N3O/c1-9(2)17(3)14(18)11-8-13(15)16-12-7-5-4-6-10(11)12/h4-9H,1-3H3,(H2,15,16). The second-order valence-electron chi connectivity index (χ2n) is 4.62. The fourth-order valence-corrected chi connectivity index (χ4v) is 1.80. The van der Waals surface area contributed by atoms with Gasteiger partial charge < -0.3 is 10.6 Å². The Morgan fingerprint density at radius 1 is 1.33 bits per heavy atom. The zero-order valence-electron chi connectivity index (χ0n) is 10.8. The van der Waals surface area contributed by atoms with Crippen molar-refractivity contribution in [2.45, 2.75) is 19.9 Å². The Hall–Kier alpha value is -2.10. The number of hydrogen-bond donors (Lipinski definition) is 1. The van der Waals surface area contributed by atoms with Crippen molar-refractivity contribution in [1.82, 2.24) is 9.88 Å². The maximum atomic E-state index is 12.4. The number of para-hydroxylation sites is 1. The monoisotopic (exact) mass is 243 g/mol. The topological polar surface area (TPSA) is 59.2 Å². The SMILES string of the molecule is CC(C)N(C)C(=O)c1cc(N)nc2ccccc12. The molecule has 0 aliphatic rings. The molecular formula is C14H17N3O. The number of nitrogen functional groups attached to an aromatic ring is 1. The van der Waals surface area contributed by atoms with Gasteiger partial charge in [-0.1, -0.05) is 18.2 Å². The molecule has 0 saturated carbocycles. The van der Waals surface area contributed by atoms with E-state index >= 15 is 0 Å². The molecule has 0 aliphatic carbocycles. The molecule has 2 N–H and O–H groups in total. The van der Waals surface area contributed by atoms with E-state index in [1.807, 2.05) is 38.1 Å². The van der Waals surface area contributed by atoms with Crippen molar-refractivity contribution in [3.8, 4) is 0 Å². The number of hydrogen-bond acceptors (Lipinski definition) is 3. The quantitative estimate of drug-likeness (QED) is 0.880. The number of pyridine rings is 1. The van der Waals surface area contributed by atoms with Crippen molar-refractivity contribution in [2.75, 3.05) is 12.8 Å². The van der Waals surface area contributed by atoms with Crippen LogP contribution in [0.3, 0.4) is 0 Å². The summed E-state index contributed by atoms with van der Waals surface area (Å²) in [5.41, 5.74) is 7.11. The van der Waals surface area contributed by atoms with Crippen LogP contribution in [0.2, 0.25) is 0 Å². The van der Waals surface area contributed by atoms with Gasteiger partial charge in [-0.2, -0.15) is 0 Å². The summed E-state index contributed by atoms with van der Waals surface area (Å²) in [6.07, 6.45) is 0. The number of carbonyl (C=O) groups is 1. The van der Waals surface area contributed by atoms with Crippen LogP contribution in [-0.2, 0) is 0 Å². The molecule has 0 aliphatic heterocycles. The van der Waals surface area contributed by atoms with E-state index in [0.29, 0.717) is 11.4 Å². The van der Waals surface area contributed by atoms with Crippen LogP contribution in [-0.4, -0.2) is 28.9 Å². The Labute approximate surface area is 106 Å². The van der Waals surface area contributed by atoms with Gasteiger partial charge >= 0.3 is 0 Å². The predicted molar refractivity (Wildman–Crippen MR) is 73.4 cm³/mol. The largest absolute Gasteiger partial charge is 0.384 e. The van der Waals surface area contributed by atoms with Crippen LogP contribution in [0.5, 0.6) is 0 Å². The summed E-state index contributed by atoms with van der Waals surface area (Å²) in [4.78, 5) is 18.3. The minimum absolute atomic E-state index is 0.0321. The summed E-state index contributed by atoms with van der Waals surface area (Å²) >= 11 is 0. The molecule has 18 heavy (non-hydrogen) atoms. The average molecular weight is 243 g/mol. The third-order valence-corrected chi connectivity index (χ3v) is 3.06. The Kier molecular flexibility index (Phi) is 3.19. The van der Waals surface area contributed by atoms with Gasteiger partial charge in [0.05, 0.1) is 11.1 Å². The number of nitrogens with two attached hydrogens (primary N) is 1. The summed E-state index contributed by atoms with van der Waals surface area (Å²) in [5, 5.41) is 0.837. The summed E-state index contributed by atoms with van der Waals surface area (Å²) < 4.78 is 0. The van der Waals surface area contributed by atoms with Crippen LogP contribution in [0.4, 0.5) is 5.82 Å². The van der Waals surface area contributed by atoms with Crippen molar-refractivity contribution < 1.29 is 4.79 Å². The third-order valence-electron chi connectivity index (χ3n) is 3.06. The number of amides is 1. The molecule has 0 radical (unpaired) electrons. The lowest BCUT2D eigenvalue weighted by Crippen LogP contribution is -2.33. The van der Waals surface area contributed by atoms with Crippen molar-refractivity contribution >= 4 is 22.6 Å². The van der Waals surface area contributed by atoms with Gasteiger partial charge in [0, 0.05) is 18.5 Å². The Morgan fingerprint density at radius 2 is 2.00 bits per heavy atom. The van der Waals surface area contributed by atoms with Gasteiger partial charge in [0.1, 0.15) is 5.82 Å². The van der Waals surface area contributed by atoms with E-state index < -0.39 is 0 Å². The highest BCUT2D eigenvalue weighted by atomic mass is 16.2. The van der Waals surface area contributed by atoms with E-state index in [0.717, 1.165) is 10.9 Å². The Bertz CT molecular complexity index is 593. The van der Waals surface area contributed by atoms with E-state index in [9.17, 15) is 4.79 Å². The van der Waals surface area contributed by atoms with E-state index in [1.165, 1.54) is 0 Å². The first-order chi connectivity index (χ1) is 8.50. The third kappa shape index (κ3) is 2.14. The first kappa shape index (κ1) is 12.4. The zero-order chi connectivity index (χ0) is 13.3. The molecule has 0 fully saturated rings. The molecule has 2 rings (SSSR count). The summed E-state index contributed by atoms with van der Waals surface area (Å²) in [5.74, 6) is 0.338. The van der Waals surface area contributed by atoms with Crippen LogP contribution >= 0.6 is 0 Å². The predicted octanol–water partition coefficient (Wildman–Crippen LogP) is 2.30. The van der Waals surface area contributed by atoms with Gasteiger partial charge in [0.2, 0.25) is 0 Å². The van der Waals surface area contributed by atoms with Gasteiger partial charge in [-0.05, 0) is 26.0 Å². The smallest absolute Gasteiger partial charge is 0.254 e. The van der Waals surface area contributed by atoms with E-state index in [-0.39, 0.29) is 11.9 Å². The lowest BCUT2D eigenvalue weighted by molar-refractivity contribution is 0.0757. The van der Waals surface area contributed by atoms with Crippen LogP contribution in [0.1, 0.15) is 24.2 Å². The fourth-order valence-electron chi connectivity index (χ4n) is 1.80. The van der Waals surface area contributed by atoms with Crippen molar-refractivity contribution in [1.29, 1.82) is 0 Å². The first-order valence-corrected chi connectivity index (χ1v) is 5.93. The molecule has 1 amide bonds. The van der Waals surface area contributed by atoms with Gasteiger partial charge in [0.15, 0.2) is 0 Å². The van der Waals surface area contributed by atoms with Crippen LogP contribution in [0.15, 0.2) is 30.3 Å². The number of aromatic nitrogens is 1. The van der Waals surface area contributed by atoms with E-state index in [2.05, 4.69) is 4.98 Å². The lowest BCUT2D eigenvalue weighted by Gasteiger charge is -2.22. The van der Waals surface area contributed by atoms with Gasteiger partial charge in [-0.25, -0.2) is 4.98 Å². The van der Waals surface area contributed by atoms with Crippen molar-refractivity contribution in [2.24, 2.45) is 0 Å². The molecule has 4 heteroatoms. The molecule has 4 nitrogen and oxygen atoms in total. The fraction of sp³-hybridized carbons (Fsp3) is 0.286. The van der Waals surface area contributed by atoms with Crippen LogP contribution in [0.25, 0.3) is 10.9 Å². The lowest BCUT2D eigenvalue weighted by atomic mass is 10.1. The molecule has 1 heterocycles. The van der Waals surface area contributed by atoms with Crippen LogP contribution in [0, 0.1) is 0 Å². The summed E-state index contributed by atoms with van der Waals surface area (Å²) in [6, 6.07) is 9.32. The minimum atomic E-state index is -0.0321. The molecule has 1 aromatic heterocycles. The summed E-state index contributed by atoms with van der Waals surface area (Å²) in [6.45, 7) is 3.95. The average Bonchev–Trinajstić information content (AvgIpc) is 2.35. The van der Waals surface area contributed by atoms with Gasteiger partial charge in [-0.3, -0.25) is 4.79 Å². The molecule has 0 unspecified atom stereocenters. The molecule has 0 spiro atoms. The molecule has 2 aromatic rings. The number of nitrogens with zero attached hydrogens (tertiary/aromatic N) is 2. The van der Waals surface area contributed by atoms with Crippen molar-refractivity contribution in [3.63, 3.8) is 0 Å². The highest BCUT2D eigenvalue weighted by molar-refractivity contribution is 6.06. The highest BCUT2D eigenvalue weighted by Gasteiger charge is 2.17. The maximum absolute atomic E-state index is 12.4. The molecule has 0 bridgehead atoms. The van der Waals surface area contributed by atoms with Crippen LogP contribution < -0.4 is 5.73 Å². The highest BCUT2D eigenvalue weighted by Crippen LogP contribution is 2.21. The van der Waals surface area contributed by atoms with Gasteiger partial charge in [0.25, 0.3) is 5.91 Å². The van der Waals surface area contributed by atoms with E-state index in [4.69, 9.17) is 5.73 Å². The normalized spacial score (nSPS) is 10.9. The van der Waals surface area contributed by atoms with E-state index in [1.54, 1.807) is 18.0 Å². The maximum Gasteiger partial charge on any atom is 0.254 e. The second-order valence-corrected chi connectivity index (χ2v) is 4.62. The molecule has 0 saturated heterocycles. The number of rotatable bonds is 2. The molecule has 1 aromatic carbocycles. The Balaban J connectivity index is 2.60. The second kappa shape index (κ2) is 4.64. The number of benzene rings is 1. The molecule has 94 valence electrons. The zero-order valence-corrected chi connectivity index (χ0v) is 10.8. The summed E-state index contributed by atoms with van der Waals surface area (Å²) in [7, 11) is 1.79. The van der Waals surface area contributed by atoms with Crippen molar-refractivity contribution in [3.05, 3.63) is 35.9 Å². The molecular weight excluding hydrogens is 226 g/mol. The number of carbonyl (C=O) groups excluding carboxylic acids is 1.